The van der Waals surface area contributed by atoms with Crippen LogP contribution in [0.4, 0.5) is 0 Å². The van der Waals surface area contributed by atoms with E-state index >= 15 is 0 Å². The summed E-state index contributed by atoms with van der Waals surface area (Å²) in [5.74, 6) is 0. The van der Waals surface area contributed by atoms with E-state index in [-0.39, 0.29) is 7.43 Å². The highest BCUT2D eigenvalue weighted by Crippen LogP contribution is 2.44. The van der Waals surface area contributed by atoms with Gasteiger partial charge in [-0.05, 0) is 129 Å². The van der Waals surface area contributed by atoms with Gasteiger partial charge in [0.05, 0.1) is 0 Å². The van der Waals surface area contributed by atoms with Crippen molar-refractivity contribution in [2.45, 2.75) is 7.43 Å². The van der Waals surface area contributed by atoms with Crippen LogP contribution in [-0.4, -0.2) is 17.2 Å². The largest absolute Gasteiger partial charge is 0.488 e. The summed E-state index contributed by atoms with van der Waals surface area (Å²) in [5, 5.41) is 27.8. The summed E-state index contributed by atoms with van der Waals surface area (Å²) in [6.07, 6.45) is 0. The zero-order valence-corrected chi connectivity index (χ0v) is 36.6. The fraction of sp³-hybridized carbons (Fsp3) is 0.0189. The second-order valence-electron chi connectivity index (χ2n) is 13.8. The van der Waals surface area contributed by atoms with Gasteiger partial charge in [0.2, 0.25) is 0 Å². The second-order valence-corrected chi connectivity index (χ2v) is 16.7. The Morgan fingerprint density at radius 3 is 0.898 bits per heavy atom. The average Bonchev–Trinajstić information content (AvgIpc) is 3.27. The predicted octanol–water partition coefficient (Wildman–Crippen LogP) is 15.1. The molecular formula is C53H40BBr2IO2. The van der Waals surface area contributed by atoms with E-state index in [4.69, 9.17) is 10.0 Å². The minimum absolute atomic E-state index is 0. The van der Waals surface area contributed by atoms with Gasteiger partial charge in [-0.1, -0.05) is 221 Å². The molecule has 2 N–H and O–H groups in total. The average molecular weight is 1010 g/mol. The number of hydrogen-bond acceptors (Lipinski definition) is 2. The molecular weight excluding hydrogens is 966 g/mol. The van der Waals surface area contributed by atoms with E-state index in [9.17, 15) is 0 Å². The molecule has 10 aromatic rings. The van der Waals surface area contributed by atoms with E-state index in [0.29, 0.717) is 5.46 Å². The Bertz CT molecular complexity index is 2880. The van der Waals surface area contributed by atoms with Crippen molar-refractivity contribution in [3.8, 4) is 33.4 Å². The highest BCUT2D eigenvalue weighted by atomic mass is 127. The molecule has 0 fully saturated rings. The summed E-state index contributed by atoms with van der Waals surface area (Å²) >= 11 is 9.26. The van der Waals surface area contributed by atoms with Crippen molar-refractivity contribution < 1.29 is 10.0 Å². The van der Waals surface area contributed by atoms with Crippen LogP contribution in [0.3, 0.4) is 0 Å². The standard InChI is InChI=1S/C26H17Br.C20H13I.C6H6BBrO2.CH4/c27-20-16-14-19(15-17-20)26-23-12-6-4-10-21(23)25(18-8-2-1-3-9-18)22-11-5-7-13-24(22)26;21-20-17-12-6-4-10-15(17)19(14-8-2-1-3-9-14)16-11-5-7-13-18(16)20;8-6-3-1-5(2-4-6)7(9)10;/h1-17H;1-13H;1-4,9-10H;1H4. The van der Waals surface area contributed by atoms with E-state index in [1.165, 1.54) is 80.0 Å². The van der Waals surface area contributed by atoms with Crippen molar-refractivity contribution in [1.82, 2.24) is 0 Å². The Hall–Kier alpha value is -5.09. The SMILES string of the molecule is Brc1ccc(-c2c3ccccc3c(-c3ccccc3)c3ccccc23)cc1.C.Ic1c2ccccc2c(-c2ccccc2)c2ccccc12.OB(O)c1ccc(Br)cc1. The first-order valence-electron chi connectivity index (χ1n) is 18.9. The lowest BCUT2D eigenvalue weighted by Crippen LogP contribution is -2.29. The van der Waals surface area contributed by atoms with Crippen LogP contribution in [0.15, 0.2) is 215 Å². The Morgan fingerprint density at radius 1 is 0.322 bits per heavy atom. The number of benzene rings is 10. The topological polar surface area (TPSA) is 40.5 Å². The monoisotopic (exact) mass is 1000 g/mol. The molecule has 10 rings (SSSR count). The maximum absolute atomic E-state index is 8.65. The van der Waals surface area contributed by atoms with Gasteiger partial charge in [0.1, 0.15) is 0 Å². The van der Waals surface area contributed by atoms with E-state index in [1.807, 2.05) is 0 Å². The molecule has 0 saturated carbocycles. The Labute approximate surface area is 376 Å². The molecule has 0 aromatic heterocycles. The first-order chi connectivity index (χ1) is 28.4. The summed E-state index contributed by atoms with van der Waals surface area (Å²) in [7, 11) is -1.37. The molecule has 2 nitrogen and oxygen atoms in total. The van der Waals surface area contributed by atoms with Crippen molar-refractivity contribution in [3.63, 3.8) is 0 Å². The van der Waals surface area contributed by atoms with Crippen LogP contribution >= 0.6 is 54.5 Å². The van der Waals surface area contributed by atoms with Gasteiger partial charge in [-0.25, -0.2) is 0 Å². The minimum Gasteiger partial charge on any atom is -0.423 e. The van der Waals surface area contributed by atoms with Gasteiger partial charge in [0.25, 0.3) is 0 Å². The normalized spacial score (nSPS) is 10.7. The molecule has 59 heavy (non-hydrogen) atoms. The number of halogens is 3. The quantitative estimate of drug-likeness (QED) is 0.105. The lowest BCUT2D eigenvalue weighted by Gasteiger charge is -2.17. The number of rotatable bonds is 4. The van der Waals surface area contributed by atoms with Gasteiger partial charge >= 0.3 is 7.12 Å². The maximum Gasteiger partial charge on any atom is 0.488 e. The Morgan fingerprint density at radius 2 is 0.576 bits per heavy atom. The molecule has 0 aliphatic rings. The van der Waals surface area contributed by atoms with Crippen molar-refractivity contribution in [1.29, 1.82) is 0 Å². The second kappa shape index (κ2) is 19.3. The molecule has 0 heterocycles. The Kier molecular flexibility index (Phi) is 13.8. The van der Waals surface area contributed by atoms with Crippen molar-refractivity contribution >= 4 is 110 Å². The third kappa shape index (κ3) is 9.08. The molecule has 0 saturated heterocycles. The summed E-state index contributed by atoms with van der Waals surface area (Å²) in [6, 6.07) is 71.7. The van der Waals surface area contributed by atoms with E-state index in [0.717, 1.165) is 8.95 Å². The first-order valence-corrected chi connectivity index (χ1v) is 21.6. The Balaban J connectivity index is 0.000000147. The van der Waals surface area contributed by atoms with E-state index in [2.05, 4.69) is 236 Å². The van der Waals surface area contributed by atoms with Crippen LogP contribution in [0.25, 0.3) is 76.5 Å². The van der Waals surface area contributed by atoms with Crippen molar-refractivity contribution in [2.75, 3.05) is 0 Å². The molecule has 6 heteroatoms. The van der Waals surface area contributed by atoms with Gasteiger partial charge in [0, 0.05) is 12.5 Å². The zero-order valence-electron chi connectivity index (χ0n) is 31.2. The fourth-order valence-corrected chi connectivity index (χ4v) is 9.07. The maximum atomic E-state index is 8.65. The molecule has 10 aromatic carbocycles. The lowest BCUT2D eigenvalue weighted by molar-refractivity contribution is 0.426. The lowest BCUT2D eigenvalue weighted by atomic mass is 9.81. The van der Waals surface area contributed by atoms with Gasteiger partial charge < -0.3 is 10.0 Å². The molecule has 0 aliphatic carbocycles. The van der Waals surface area contributed by atoms with Crippen molar-refractivity contribution in [3.05, 3.63) is 219 Å². The van der Waals surface area contributed by atoms with Crippen LogP contribution in [0.5, 0.6) is 0 Å². The number of hydrogen-bond donors (Lipinski definition) is 2. The molecule has 0 bridgehead atoms. The van der Waals surface area contributed by atoms with Crippen LogP contribution in [-0.2, 0) is 0 Å². The zero-order chi connectivity index (χ0) is 40.0. The van der Waals surface area contributed by atoms with E-state index in [1.54, 1.807) is 24.3 Å². The summed E-state index contributed by atoms with van der Waals surface area (Å²) in [6.45, 7) is 0. The van der Waals surface area contributed by atoms with Crippen LogP contribution < -0.4 is 5.46 Å². The van der Waals surface area contributed by atoms with Gasteiger partial charge in [-0.3, -0.25) is 0 Å². The first kappa shape index (κ1) is 42.1. The smallest absolute Gasteiger partial charge is 0.423 e. The summed E-state index contributed by atoms with van der Waals surface area (Å²) < 4.78 is 3.36. The molecule has 0 radical (unpaired) electrons. The third-order valence-electron chi connectivity index (χ3n) is 10.2. The molecule has 0 unspecified atom stereocenters. The highest BCUT2D eigenvalue weighted by Gasteiger charge is 2.16. The minimum atomic E-state index is -1.37. The molecule has 0 amide bonds. The molecule has 288 valence electrons. The van der Waals surface area contributed by atoms with Gasteiger partial charge in [-0.15, -0.1) is 0 Å². The summed E-state index contributed by atoms with van der Waals surface area (Å²) in [5.41, 5.74) is 8.22. The van der Waals surface area contributed by atoms with Gasteiger partial charge in [0.15, 0.2) is 0 Å². The van der Waals surface area contributed by atoms with Gasteiger partial charge in [-0.2, -0.15) is 0 Å². The van der Waals surface area contributed by atoms with Crippen LogP contribution in [0.1, 0.15) is 7.43 Å². The predicted molar refractivity (Wildman–Crippen MR) is 270 cm³/mol. The van der Waals surface area contributed by atoms with E-state index < -0.39 is 7.12 Å². The molecule has 0 aliphatic heterocycles. The van der Waals surface area contributed by atoms with Crippen molar-refractivity contribution in [2.24, 2.45) is 0 Å². The molecule has 0 atom stereocenters. The summed E-state index contributed by atoms with van der Waals surface area (Å²) in [4.78, 5) is 0. The number of fused-ring (bicyclic) bond motifs is 4. The fourth-order valence-electron chi connectivity index (χ4n) is 7.60. The van der Waals surface area contributed by atoms with Crippen LogP contribution in [0, 0.1) is 3.57 Å². The van der Waals surface area contributed by atoms with Crippen LogP contribution in [0.2, 0.25) is 0 Å². The third-order valence-corrected chi connectivity index (χ3v) is 12.4. The molecule has 0 spiro atoms. The highest BCUT2D eigenvalue weighted by molar-refractivity contribution is 14.1.